The molecule has 0 spiro atoms. The molecular weight excluding hydrogens is 562 g/mol. The molecule has 0 bridgehead atoms. The summed E-state index contributed by atoms with van der Waals surface area (Å²) in [7, 11) is 0. The minimum atomic E-state index is -0.294. The molecule has 4 heterocycles. The summed E-state index contributed by atoms with van der Waals surface area (Å²) in [6.07, 6.45) is 1.68. The van der Waals surface area contributed by atoms with Crippen LogP contribution in [0.15, 0.2) is 96.5 Å². The Balaban J connectivity index is 1.51. The van der Waals surface area contributed by atoms with Gasteiger partial charge in [0.15, 0.2) is 0 Å². The summed E-state index contributed by atoms with van der Waals surface area (Å²) in [4.78, 5) is 34.0. The molecule has 0 saturated carbocycles. The molecule has 0 saturated heterocycles. The smallest absolute Gasteiger partial charge is 0.240 e. The van der Waals surface area contributed by atoms with E-state index in [-0.39, 0.29) is 35.9 Å². The van der Waals surface area contributed by atoms with E-state index >= 15 is 0 Å². The molecule has 1 atom stereocenters. The van der Waals surface area contributed by atoms with Gasteiger partial charge in [0, 0.05) is 22.2 Å². The average molecular weight is 586 g/mol. The van der Waals surface area contributed by atoms with Crippen LogP contribution in [0.2, 0.25) is 5.02 Å². The highest BCUT2D eigenvalue weighted by molar-refractivity contribution is 8.00. The monoisotopic (exact) mass is 585 g/mol. The summed E-state index contributed by atoms with van der Waals surface area (Å²) in [6, 6.07) is 26.9. The Morgan fingerprint density at radius 1 is 1.00 bits per heavy atom. The van der Waals surface area contributed by atoms with Gasteiger partial charge in [-0.25, -0.2) is 4.68 Å². The molecule has 1 aliphatic heterocycles. The van der Waals surface area contributed by atoms with Crippen molar-refractivity contribution in [1.29, 1.82) is 0 Å². The standard InChI is InChI=1S/C30H24ClN5O2S2/c31-22-12-4-5-13-23(22)36-30-27(28(34-36)20-9-2-1-3-10-20)29(24-14-8-16-39-24)40-19-26(38)35(30)18-25(37)33-17-21-11-6-7-15-32-21/h1-16,29H,17-19H2,(H,33,37)/t29-/m0/s1. The van der Waals surface area contributed by atoms with E-state index in [1.54, 1.807) is 44.9 Å². The number of aromatic nitrogens is 3. The quantitative estimate of drug-likeness (QED) is 0.248. The number of fused-ring (bicyclic) bond motifs is 1. The molecule has 0 aliphatic carbocycles. The van der Waals surface area contributed by atoms with Gasteiger partial charge in [0.25, 0.3) is 0 Å². The highest BCUT2D eigenvalue weighted by Crippen LogP contribution is 2.49. The van der Waals surface area contributed by atoms with Gasteiger partial charge in [-0.2, -0.15) is 5.10 Å². The summed E-state index contributed by atoms with van der Waals surface area (Å²) in [5.74, 6) is 0.291. The molecule has 5 aromatic rings. The van der Waals surface area contributed by atoms with E-state index in [0.717, 1.165) is 27.4 Å². The molecular formula is C30H24ClN5O2S2. The lowest BCUT2D eigenvalue weighted by atomic mass is 10.0. The number of thiophene rings is 1. The van der Waals surface area contributed by atoms with Gasteiger partial charge < -0.3 is 5.32 Å². The Labute approximate surface area is 244 Å². The molecule has 0 unspecified atom stereocenters. The zero-order valence-electron chi connectivity index (χ0n) is 21.2. The molecule has 200 valence electrons. The second-order valence-electron chi connectivity index (χ2n) is 9.10. The lowest BCUT2D eigenvalue weighted by molar-refractivity contribution is -0.123. The fraction of sp³-hybridized carbons (Fsp3) is 0.133. The van der Waals surface area contributed by atoms with Crippen molar-refractivity contribution < 1.29 is 9.59 Å². The van der Waals surface area contributed by atoms with Gasteiger partial charge in [-0.05, 0) is 35.7 Å². The molecule has 2 amide bonds. The number of nitrogens with zero attached hydrogens (tertiary/aromatic N) is 4. The van der Waals surface area contributed by atoms with Crippen LogP contribution in [0.1, 0.15) is 21.4 Å². The predicted molar refractivity (Wildman–Crippen MR) is 161 cm³/mol. The number of carbonyl (C=O) groups excluding carboxylic acids is 2. The zero-order valence-corrected chi connectivity index (χ0v) is 23.6. The summed E-state index contributed by atoms with van der Waals surface area (Å²) in [5.41, 5.74) is 3.91. The zero-order chi connectivity index (χ0) is 27.5. The summed E-state index contributed by atoms with van der Waals surface area (Å²) >= 11 is 9.87. The maximum absolute atomic E-state index is 13.8. The Morgan fingerprint density at radius 3 is 2.55 bits per heavy atom. The first-order chi connectivity index (χ1) is 19.6. The highest BCUT2D eigenvalue weighted by Gasteiger charge is 2.38. The van der Waals surface area contributed by atoms with Gasteiger partial charge in [-0.15, -0.1) is 23.1 Å². The van der Waals surface area contributed by atoms with Crippen LogP contribution in [0.3, 0.4) is 0 Å². The first-order valence-electron chi connectivity index (χ1n) is 12.7. The number of benzene rings is 2. The van der Waals surface area contributed by atoms with Gasteiger partial charge in [-0.3, -0.25) is 19.5 Å². The van der Waals surface area contributed by atoms with Crippen LogP contribution in [0.5, 0.6) is 0 Å². The number of thioether (sulfide) groups is 1. The van der Waals surface area contributed by atoms with Crippen molar-refractivity contribution in [1.82, 2.24) is 20.1 Å². The number of pyridine rings is 1. The van der Waals surface area contributed by atoms with Crippen LogP contribution in [0, 0.1) is 0 Å². The van der Waals surface area contributed by atoms with Crippen LogP contribution in [-0.2, 0) is 16.1 Å². The number of hydrogen-bond acceptors (Lipinski definition) is 6. The van der Waals surface area contributed by atoms with Gasteiger partial charge >= 0.3 is 0 Å². The van der Waals surface area contributed by atoms with E-state index in [9.17, 15) is 9.59 Å². The Morgan fingerprint density at radius 2 is 1.80 bits per heavy atom. The minimum absolute atomic E-state index is 0.160. The number of para-hydroxylation sites is 1. The number of nitrogens with one attached hydrogen (secondary N) is 1. The van der Waals surface area contributed by atoms with E-state index in [1.807, 2.05) is 78.2 Å². The van der Waals surface area contributed by atoms with Crippen molar-refractivity contribution in [2.75, 3.05) is 17.2 Å². The first-order valence-corrected chi connectivity index (χ1v) is 15.0. The van der Waals surface area contributed by atoms with Crippen molar-refractivity contribution in [3.63, 3.8) is 0 Å². The van der Waals surface area contributed by atoms with Crippen molar-refractivity contribution >= 4 is 52.3 Å². The largest absolute Gasteiger partial charge is 0.349 e. The summed E-state index contributed by atoms with van der Waals surface area (Å²) in [6.45, 7) is 0.0981. The SMILES string of the molecule is O=C(CN1C(=O)CS[C@@H](c2cccs2)c2c(-c3ccccc3)nn(-c3ccccc3Cl)c21)NCc1ccccn1. The molecule has 0 fully saturated rings. The van der Waals surface area contributed by atoms with E-state index in [4.69, 9.17) is 16.7 Å². The third-order valence-corrected chi connectivity index (χ3v) is 9.16. The summed E-state index contributed by atoms with van der Waals surface area (Å²) < 4.78 is 1.72. The van der Waals surface area contributed by atoms with Crippen LogP contribution in [0.4, 0.5) is 5.82 Å². The van der Waals surface area contributed by atoms with Gasteiger partial charge in [0.05, 0.1) is 39.6 Å². The highest BCUT2D eigenvalue weighted by atomic mass is 35.5. The van der Waals surface area contributed by atoms with E-state index < -0.39 is 0 Å². The van der Waals surface area contributed by atoms with Gasteiger partial charge in [0.1, 0.15) is 12.4 Å². The van der Waals surface area contributed by atoms with Crippen LogP contribution >= 0.6 is 34.7 Å². The molecule has 10 heteroatoms. The van der Waals surface area contributed by atoms with E-state index in [1.165, 1.54) is 0 Å². The van der Waals surface area contributed by atoms with Crippen molar-refractivity contribution in [2.45, 2.75) is 11.8 Å². The molecule has 1 N–H and O–H groups in total. The summed E-state index contributed by atoms with van der Waals surface area (Å²) in [5, 5.41) is 10.3. The van der Waals surface area contributed by atoms with Crippen LogP contribution in [0.25, 0.3) is 16.9 Å². The number of hydrogen-bond donors (Lipinski definition) is 1. The Kier molecular flexibility index (Phi) is 7.68. The lowest BCUT2D eigenvalue weighted by Crippen LogP contribution is -2.42. The van der Waals surface area contributed by atoms with Crippen LogP contribution in [-0.4, -0.2) is 38.9 Å². The number of anilines is 1. The molecule has 40 heavy (non-hydrogen) atoms. The Bertz CT molecular complexity index is 1640. The predicted octanol–water partition coefficient (Wildman–Crippen LogP) is 6.13. The molecule has 3 aromatic heterocycles. The Hall–Kier alpha value is -3.92. The number of rotatable bonds is 7. The molecule has 7 nitrogen and oxygen atoms in total. The molecule has 6 rings (SSSR count). The van der Waals surface area contributed by atoms with Crippen molar-refractivity contribution in [3.05, 3.63) is 118 Å². The molecule has 1 aliphatic rings. The van der Waals surface area contributed by atoms with Gasteiger partial charge in [0.2, 0.25) is 11.8 Å². The fourth-order valence-electron chi connectivity index (χ4n) is 4.68. The van der Waals surface area contributed by atoms with Crippen molar-refractivity contribution in [3.8, 4) is 16.9 Å². The first kappa shape index (κ1) is 26.3. The number of halogens is 1. The lowest BCUT2D eigenvalue weighted by Gasteiger charge is -2.23. The maximum atomic E-state index is 13.8. The van der Waals surface area contributed by atoms with E-state index in [0.29, 0.717) is 16.5 Å². The minimum Gasteiger partial charge on any atom is -0.349 e. The molecule has 2 aromatic carbocycles. The third-order valence-electron chi connectivity index (χ3n) is 6.51. The average Bonchev–Trinajstić information content (AvgIpc) is 3.63. The van der Waals surface area contributed by atoms with Crippen molar-refractivity contribution in [2.24, 2.45) is 0 Å². The van der Waals surface area contributed by atoms with E-state index in [2.05, 4.69) is 16.4 Å². The normalized spacial score (nSPS) is 15.0. The fourth-order valence-corrected chi connectivity index (χ4v) is 7.07. The topological polar surface area (TPSA) is 80.1 Å². The van der Waals surface area contributed by atoms with Crippen LogP contribution < -0.4 is 10.2 Å². The second kappa shape index (κ2) is 11.7. The third kappa shape index (κ3) is 5.28. The second-order valence-corrected chi connectivity index (χ2v) is 11.6. The molecule has 0 radical (unpaired) electrons. The number of carbonyl (C=O) groups is 2. The number of amides is 2. The van der Waals surface area contributed by atoms with Gasteiger partial charge in [-0.1, -0.05) is 66.2 Å². The maximum Gasteiger partial charge on any atom is 0.240 e.